The molecule has 0 bridgehead atoms. The van der Waals surface area contributed by atoms with Crippen LogP contribution < -0.4 is 0 Å². The zero-order valence-electron chi connectivity index (χ0n) is 14.4. The molecule has 2 aromatic carbocycles. The van der Waals surface area contributed by atoms with Gasteiger partial charge < -0.3 is 10.0 Å². The van der Waals surface area contributed by atoms with Crippen LogP contribution in [-0.4, -0.2) is 32.7 Å². The molecule has 5 heteroatoms. The van der Waals surface area contributed by atoms with Crippen LogP contribution >= 0.6 is 0 Å². The Hall–Kier alpha value is -2.92. The number of fused-ring (bicyclic) bond motifs is 1. The van der Waals surface area contributed by atoms with Crippen LogP contribution in [0, 0.1) is 0 Å². The van der Waals surface area contributed by atoms with Gasteiger partial charge >= 0.3 is 0 Å². The lowest BCUT2D eigenvalue weighted by atomic mass is 10.00. The van der Waals surface area contributed by atoms with Gasteiger partial charge in [0, 0.05) is 36.3 Å². The third kappa shape index (κ3) is 3.26. The Morgan fingerprint density at radius 1 is 1.12 bits per heavy atom. The molecule has 0 radical (unpaired) electrons. The smallest absolute Gasteiger partial charge is 0.225 e. The predicted molar refractivity (Wildman–Crippen MR) is 99.2 cm³/mol. The summed E-state index contributed by atoms with van der Waals surface area (Å²) in [6.45, 7) is 1.17. The summed E-state index contributed by atoms with van der Waals surface area (Å²) in [5, 5.41) is 17.9. The highest BCUT2D eigenvalue weighted by Crippen LogP contribution is 2.29. The predicted octanol–water partition coefficient (Wildman–Crippen LogP) is 3.09. The Bertz CT molecular complexity index is 890. The van der Waals surface area contributed by atoms with E-state index in [1.54, 1.807) is 0 Å². The zero-order valence-corrected chi connectivity index (χ0v) is 14.4. The van der Waals surface area contributed by atoms with Crippen molar-refractivity contribution < 1.29 is 9.90 Å². The van der Waals surface area contributed by atoms with Crippen LogP contribution in [0.4, 0.5) is 0 Å². The minimum absolute atomic E-state index is 0.0350. The standard InChI is InChI=1S/C21H21N3O2/c25-19(15-7-3-1-4-8-15)13-20(26)24-12-11-18-17(14-24)21(23-22-18)16-9-5-2-6-10-16/h1-10,19,25H,11-14H2,(H,22,23). The quantitative estimate of drug-likeness (QED) is 0.762. The lowest BCUT2D eigenvalue weighted by molar-refractivity contribution is -0.134. The molecule has 2 heterocycles. The van der Waals surface area contributed by atoms with Gasteiger partial charge in [0.05, 0.1) is 18.2 Å². The molecule has 0 aliphatic carbocycles. The highest BCUT2D eigenvalue weighted by molar-refractivity contribution is 5.78. The van der Waals surface area contributed by atoms with Crippen molar-refractivity contribution in [1.29, 1.82) is 0 Å². The molecule has 3 aromatic rings. The lowest BCUT2D eigenvalue weighted by Crippen LogP contribution is -2.36. The normalized spacial score (nSPS) is 14.7. The van der Waals surface area contributed by atoms with Crippen LogP contribution in [0.25, 0.3) is 11.3 Å². The number of rotatable bonds is 4. The van der Waals surface area contributed by atoms with Crippen LogP contribution in [-0.2, 0) is 17.8 Å². The second-order valence-corrected chi connectivity index (χ2v) is 6.59. The number of aliphatic hydroxyl groups is 1. The maximum Gasteiger partial charge on any atom is 0.225 e. The molecule has 0 fully saturated rings. The van der Waals surface area contributed by atoms with E-state index in [1.165, 1.54) is 0 Å². The summed E-state index contributed by atoms with van der Waals surface area (Å²) in [4.78, 5) is 14.5. The van der Waals surface area contributed by atoms with E-state index in [4.69, 9.17) is 0 Å². The second-order valence-electron chi connectivity index (χ2n) is 6.59. The van der Waals surface area contributed by atoms with E-state index >= 15 is 0 Å². The molecule has 5 nitrogen and oxygen atoms in total. The van der Waals surface area contributed by atoms with Gasteiger partial charge in [-0.15, -0.1) is 0 Å². The summed E-state index contributed by atoms with van der Waals surface area (Å²) in [6.07, 6.45) is 0.0725. The topological polar surface area (TPSA) is 69.2 Å². The summed E-state index contributed by atoms with van der Waals surface area (Å²) >= 11 is 0. The zero-order chi connectivity index (χ0) is 17.9. The number of carbonyl (C=O) groups is 1. The van der Waals surface area contributed by atoms with Gasteiger partial charge in [-0.3, -0.25) is 9.89 Å². The molecule has 4 rings (SSSR count). The maximum atomic E-state index is 12.7. The van der Waals surface area contributed by atoms with Crippen LogP contribution in [0.15, 0.2) is 60.7 Å². The third-order valence-corrected chi connectivity index (χ3v) is 4.89. The Balaban J connectivity index is 1.50. The van der Waals surface area contributed by atoms with E-state index in [0.29, 0.717) is 13.1 Å². The van der Waals surface area contributed by atoms with Crippen molar-refractivity contribution in [2.45, 2.75) is 25.5 Å². The fourth-order valence-corrected chi connectivity index (χ4v) is 3.43. The molecule has 1 unspecified atom stereocenters. The van der Waals surface area contributed by atoms with Gasteiger partial charge in [0.25, 0.3) is 0 Å². The molecular weight excluding hydrogens is 326 g/mol. The number of nitrogens with zero attached hydrogens (tertiary/aromatic N) is 2. The number of aromatic nitrogens is 2. The summed E-state index contributed by atoms with van der Waals surface area (Å²) in [6, 6.07) is 19.3. The van der Waals surface area contributed by atoms with Gasteiger partial charge in [0.15, 0.2) is 0 Å². The molecule has 2 N–H and O–H groups in total. The van der Waals surface area contributed by atoms with Crippen molar-refractivity contribution >= 4 is 5.91 Å². The van der Waals surface area contributed by atoms with Crippen LogP contribution in [0.1, 0.15) is 29.3 Å². The van der Waals surface area contributed by atoms with Crippen LogP contribution in [0.3, 0.4) is 0 Å². The van der Waals surface area contributed by atoms with E-state index < -0.39 is 6.10 Å². The van der Waals surface area contributed by atoms with Gasteiger partial charge in [-0.2, -0.15) is 5.10 Å². The largest absolute Gasteiger partial charge is 0.388 e. The lowest BCUT2D eigenvalue weighted by Gasteiger charge is -2.28. The summed E-state index contributed by atoms with van der Waals surface area (Å²) in [5.74, 6) is -0.0350. The third-order valence-electron chi connectivity index (χ3n) is 4.89. The number of H-pyrrole nitrogens is 1. The van der Waals surface area contributed by atoms with Gasteiger partial charge in [-0.25, -0.2) is 0 Å². The highest BCUT2D eigenvalue weighted by Gasteiger charge is 2.27. The maximum absolute atomic E-state index is 12.7. The number of hydrogen-bond donors (Lipinski definition) is 2. The van der Waals surface area contributed by atoms with Crippen molar-refractivity contribution in [1.82, 2.24) is 15.1 Å². The molecule has 1 aliphatic rings. The average Bonchev–Trinajstić information content (AvgIpc) is 3.12. The Labute approximate surface area is 152 Å². The van der Waals surface area contributed by atoms with Gasteiger partial charge in [0.2, 0.25) is 5.91 Å². The minimum atomic E-state index is -0.775. The van der Waals surface area contributed by atoms with Gasteiger partial charge in [-0.05, 0) is 5.56 Å². The first kappa shape index (κ1) is 16.5. The van der Waals surface area contributed by atoms with E-state index in [1.807, 2.05) is 65.6 Å². The highest BCUT2D eigenvalue weighted by atomic mass is 16.3. The van der Waals surface area contributed by atoms with E-state index in [-0.39, 0.29) is 12.3 Å². The Morgan fingerprint density at radius 2 is 1.81 bits per heavy atom. The van der Waals surface area contributed by atoms with Crippen molar-refractivity contribution in [3.8, 4) is 11.3 Å². The summed E-state index contributed by atoms with van der Waals surface area (Å²) in [7, 11) is 0. The minimum Gasteiger partial charge on any atom is -0.388 e. The number of aromatic amines is 1. The summed E-state index contributed by atoms with van der Waals surface area (Å²) < 4.78 is 0. The monoisotopic (exact) mass is 347 g/mol. The average molecular weight is 347 g/mol. The first-order chi connectivity index (χ1) is 12.7. The molecule has 1 aliphatic heterocycles. The molecule has 26 heavy (non-hydrogen) atoms. The number of nitrogens with one attached hydrogen (secondary N) is 1. The Kier molecular flexibility index (Phi) is 4.54. The molecule has 0 saturated heterocycles. The van der Waals surface area contributed by atoms with Crippen molar-refractivity contribution in [3.63, 3.8) is 0 Å². The van der Waals surface area contributed by atoms with Gasteiger partial charge in [0.1, 0.15) is 0 Å². The number of aliphatic hydroxyl groups excluding tert-OH is 1. The van der Waals surface area contributed by atoms with Crippen molar-refractivity contribution in [3.05, 3.63) is 77.5 Å². The number of amides is 1. The van der Waals surface area contributed by atoms with Gasteiger partial charge in [-0.1, -0.05) is 60.7 Å². The molecule has 132 valence electrons. The number of hydrogen-bond acceptors (Lipinski definition) is 3. The van der Waals surface area contributed by atoms with Crippen molar-refractivity contribution in [2.75, 3.05) is 6.54 Å². The van der Waals surface area contributed by atoms with Crippen LogP contribution in [0.5, 0.6) is 0 Å². The molecule has 1 atom stereocenters. The second kappa shape index (κ2) is 7.14. The fraction of sp³-hybridized carbons (Fsp3) is 0.238. The van der Waals surface area contributed by atoms with E-state index in [9.17, 15) is 9.90 Å². The number of carbonyl (C=O) groups excluding carboxylic acids is 1. The van der Waals surface area contributed by atoms with E-state index in [2.05, 4.69) is 10.2 Å². The number of benzene rings is 2. The first-order valence-corrected chi connectivity index (χ1v) is 8.84. The molecule has 0 saturated carbocycles. The SMILES string of the molecule is O=C(CC(O)c1ccccc1)N1CCc2[nH]nc(-c3ccccc3)c2C1. The molecule has 1 amide bonds. The summed E-state index contributed by atoms with van der Waals surface area (Å²) in [5.41, 5.74) is 4.89. The molecular formula is C21H21N3O2. The molecule has 1 aromatic heterocycles. The van der Waals surface area contributed by atoms with Crippen LogP contribution in [0.2, 0.25) is 0 Å². The van der Waals surface area contributed by atoms with E-state index in [0.717, 1.165) is 34.5 Å². The molecule has 0 spiro atoms. The fourth-order valence-electron chi connectivity index (χ4n) is 3.43. The van der Waals surface area contributed by atoms with Crippen molar-refractivity contribution in [2.24, 2.45) is 0 Å². The Morgan fingerprint density at radius 3 is 2.54 bits per heavy atom. The first-order valence-electron chi connectivity index (χ1n) is 8.84.